The van der Waals surface area contributed by atoms with Crippen molar-refractivity contribution in [2.75, 3.05) is 45.1 Å². The fourth-order valence-corrected chi connectivity index (χ4v) is 5.41. The molecule has 0 spiro atoms. The van der Waals surface area contributed by atoms with Crippen molar-refractivity contribution in [3.63, 3.8) is 0 Å². The van der Waals surface area contributed by atoms with E-state index in [0.29, 0.717) is 26.2 Å². The molecule has 0 unspecified atom stereocenters. The van der Waals surface area contributed by atoms with Crippen LogP contribution in [0.4, 0.5) is 5.69 Å². The largest absolute Gasteiger partial charge is 0.376 e. The Morgan fingerprint density at radius 3 is 2.33 bits per heavy atom. The highest BCUT2D eigenvalue weighted by molar-refractivity contribution is 7.86. The van der Waals surface area contributed by atoms with Crippen molar-refractivity contribution in [3.8, 4) is 0 Å². The van der Waals surface area contributed by atoms with Crippen molar-refractivity contribution >= 4 is 21.8 Å². The SMILES string of the molecule is CN(C1CCCCC1)S(=O)(=O)N1CCN(C(=O)CNc2ccccc2)CC1. The molecule has 0 bridgehead atoms. The number of hydrogen-bond donors (Lipinski definition) is 1. The van der Waals surface area contributed by atoms with Gasteiger partial charge in [-0.3, -0.25) is 4.79 Å². The summed E-state index contributed by atoms with van der Waals surface area (Å²) in [5.74, 6) is -0.00321. The lowest BCUT2D eigenvalue weighted by Crippen LogP contribution is -2.55. The molecule has 7 nitrogen and oxygen atoms in total. The molecule has 1 heterocycles. The Labute approximate surface area is 162 Å². The fraction of sp³-hybridized carbons (Fsp3) is 0.632. The van der Waals surface area contributed by atoms with E-state index < -0.39 is 10.2 Å². The molecule has 27 heavy (non-hydrogen) atoms. The molecule has 1 aliphatic heterocycles. The van der Waals surface area contributed by atoms with E-state index in [1.165, 1.54) is 10.7 Å². The summed E-state index contributed by atoms with van der Waals surface area (Å²) in [6.45, 7) is 1.81. The Morgan fingerprint density at radius 2 is 1.70 bits per heavy atom. The van der Waals surface area contributed by atoms with Gasteiger partial charge in [0.05, 0.1) is 6.54 Å². The summed E-state index contributed by atoms with van der Waals surface area (Å²) in [7, 11) is -1.75. The standard InChI is InChI=1S/C19H30N4O3S/c1-21(18-10-6-3-7-11-18)27(25,26)23-14-12-22(13-15-23)19(24)16-20-17-8-4-2-5-9-17/h2,4-5,8-9,18,20H,3,6-7,10-16H2,1H3. The van der Waals surface area contributed by atoms with E-state index in [2.05, 4.69) is 5.32 Å². The molecular weight excluding hydrogens is 364 g/mol. The maximum atomic E-state index is 12.9. The van der Waals surface area contributed by atoms with Crippen LogP contribution in [0.5, 0.6) is 0 Å². The molecule has 2 fully saturated rings. The van der Waals surface area contributed by atoms with Crippen LogP contribution in [0.1, 0.15) is 32.1 Å². The molecule has 3 rings (SSSR count). The normalized spacial score (nSPS) is 20.0. The van der Waals surface area contributed by atoms with E-state index in [-0.39, 0.29) is 18.5 Å². The molecule has 150 valence electrons. The maximum Gasteiger partial charge on any atom is 0.282 e. The Bertz CT molecular complexity index is 712. The summed E-state index contributed by atoms with van der Waals surface area (Å²) >= 11 is 0. The van der Waals surface area contributed by atoms with E-state index in [1.54, 1.807) is 16.3 Å². The molecule has 8 heteroatoms. The molecule has 1 amide bonds. The summed E-state index contributed by atoms with van der Waals surface area (Å²) in [6.07, 6.45) is 5.28. The minimum absolute atomic E-state index is 0.00321. The highest BCUT2D eigenvalue weighted by Crippen LogP contribution is 2.25. The van der Waals surface area contributed by atoms with Gasteiger partial charge in [-0.25, -0.2) is 0 Å². The third-order valence-corrected chi connectivity index (χ3v) is 7.63. The molecule has 2 aliphatic rings. The predicted octanol–water partition coefficient (Wildman–Crippen LogP) is 1.75. The Morgan fingerprint density at radius 1 is 1.07 bits per heavy atom. The van der Waals surface area contributed by atoms with Crippen molar-refractivity contribution in [2.45, 2.75) is 38.1 Å². The van der Waals surface area contributed by atoms with Gasteiger partial charge < -0.3 is 10.2 Å². The number of anilines is 1. The fourth-order valence-electron chi connectivity index (χ4n) is 3.83. The summed E-state index contributed by atoms with van der Waals surface area (Å²) < 4.78 is 28.9. The van der Waals surface area contributed by atoms with Crippen molar-refractivity contribution in [3.05, 3.63) is 30.3 Å². The molecule has 1 saturated carbocycles. The number of carbonyl (C=O) groups is 1. The number of piperazine rings is 1. The van der Waals surface area contributed by atoms with Gasteiger partial charge in [-0.1, -0.05) is 37.5 Å². The lowest BCUT2D eigenvalue weighted by molar-refractivity contribution is -0.130. The predicted molar refractivity (Wildman–Crippen MR) is 107 cm³/mol. The Hall–Kier alpha value is -1.64. The first kappa shape index (κ1) is 20.1. The molecular formula is C19H30N4O3S. The van der Waals surface area contributed by atoms with E-state index in [9.17, 15) is 13.2 Å². The van der Waals surface area contributed by atoms with Crippen LogP contribution < -0.4 is 5.32 Å². The van der Waals surface area contributed by atoms with E-state index in [0.717, 1.165) is 31.4 Å². The zero-order valence-electron chi connectivity index (χ0n) is 16.0. The van der Waals surface area contributed by atoms with Crippen LogP contribution in [0, 0.1) is 0 Å². The Balaban J connectivity index is 1.49. The average Bonchev–Trinajstić information content (AvgIpc) is 2.73. The first-order valence-electron chi connectivity index (χ1n) is 9.78. The second kappa shape index (κ2) is 9.03. The Kier molecular flexibility index (Phi) is 6.73. The number of carbonyl (C=O) groups excluding carboxylic acids is 1. The molecule has 1 aromatic carbocycles. The van der Waals surface area contributed by atoms with E-state index in [4.69, 9.17) is 0 Å². The van der Waals surface area contributed by atoms with Gasteiger partial charge in [-0.2, -0.15) is 17.0 Å². The smallest absolute Gasteiger partial charge is 0.282 e. The second-order valence-electron chi connectivity index (χ2n) is 7.32. The van der Waals surface area contributed by atoms with Crippen molar-refractivity contribution in [1.29, 1.82) is 0 Å². The number of hydrogen-bond acceptors (Lipinski definition) is 4. The summed E-state index contributed by atoms with van der Waals surface area (Å²) in [6, 6.07) is 9.70. The van der Waals surface area contributed by atoms with Gasteiger partial charge in [0.1, 0.15) is 0 Å². The zero-order chi connectivity index (χ0) is 19.3. The van der Waals surface area contributed by atoms with Gasteiger partial charge in [0, 0.05) is 45.0 Å². The van der Waals surface area contributed by atoms with Crippen LogP contribution in [-0.4, -0.2) is 73.6 Å². The van der Waals surface area contributed by atoms with Crippen LogP contribution in [-0.2, 0) is 15.0 Å². The third-order valence-electron chi connectivity index (χ3n) is 5.59. The first-order valence-corrected chi connectivity index (χ1v) is 11.2. The second-order valence-corrected chi connectivity index (χ2v) is 9.30. The number of nitrogens with zero attached hydrogens (tertiary/aromatic N) is 3. The molecule has 0 aromatic heterocycles. The van der Waals surface area contributed by atoms with Crippen LogP contribution in [0.25, 0.3) is 0 Å². The molecule has 1 N–H and O–H groups in total. The van der Waals surface area contributed by atoms with Crippen LogP contribution >= 0.6 is 0 Å². The topological polar surface area (TPSA) is 73.0 Å². The van der Waals surface area contributed by atoms with Gasteiger partial charge in [0.25, 0.3) is 10.2 Å². The van der Waals surface area contributed by atoms with Gasteiger partial charge in [0.15, 0.2) is 0 Å². The molecule has 0 atom stereocenters. The monoisotopic (exact) mass is 394 g/mol. The van der Waals surface area contributed by atoms with Crippen molar-refractivity contribution in [2.24, 2.45) is 0 Å². The van der Waals surface area contributed by atoms with Gasteiger partial charge in [-0.15, -0.1) is 0 Å². The number of amides is 1. The average molecular weight is 395 g/mol. The molecule has 1 saturated heterocycles. The number of benzene rings is 1. The van der Waals surface area contributed by atoms with Gasteiger partial charge in [0.2, 0.25) is 5.91 Å². The minimum atomic E-state index is -3.45. The first-order chi connectivity index (χ1) is 13.0. The van der Waals surface area contributed by atoms with Crippen LogP contribution in [0.3, 0.4) is 0 Å². The summed E-state index contributed by atoms with van der Waals surface area (Å²) in [4.78, 5) is 14.1. The maximum absolute atomic E-state index is 12.9. The number of para-hydroxylation sites is 1. The van der Waals surface area contributed by atoms with Gasteiger partial charge >= 0.3 is 0 Å². The minimum Gasteiger partial charge on any atom is -0.376 e. The highest BCUT2D eigenvalue weighted by atomic mass is 32.2. The van der Waals surface area contributed by atoms with E-state index in [1.807, 2.05) is 30.3 Å². The molecule has 1 aliphatic carbocycles. The van der Waals surface area contributed by atoms with Crippen LogP contribution in [0.15, 0.2) is 30.3 Å². The van der Waals surface area contributed by atoms with Crippen LogP contribution in [0.2, 0.25) is 0 Å². The van der Waals surface area contributed by atoms with Crippen molar-refractivity contribution in [1.82, 2.24) is 13.5 Å². The summed E-state index contributed by atoms with van der Waals surface area (Å²) in [5, 5.41) is 3.11. The zero-order valence-corrected chi connectivity index (χ0v) is 16.8. The van der Waals surface area contributed by atoms with Gasteiger partial charge in [-0.05, 0) is 25.0 Å². The molecule has 1 aromatic rings. The summed E-state index contributed by atoms with van der Waals surface area (Å²) in [5.41, 5.74) is 0.904. The lowest BCUT2D eigenvalue weighted by atomic mass is 9.96. The lowest BCUT2D eigenvalue weighted by Gasteiger charge is -2.38. The molecule has 0 radical (unpaired) electrons. The number of rotatable bonds is 6. The quantitative estimate of drug-likeness (QED) is 0.798. The highest BCUT2D eigenvalue weighted by Gasteiger charge is 2.35. The third kappa shape index (κ3) is 5.00. The van der Waals surface area contributed by atoms with E-state index >= 15 is 0 Å². The number of nitrogens with one attached hydrogen (secondary N) is 1. The van der Waals surface area contributed by atoms with Crippen molar-refractivity contribution < 1.29 is 13.2 Å².